The number of carbonyl (C=O) groups is 1. The molecule has 1 aromatic carbocycles. The fourth-order valence-corrected chi connectivity index (χ4v) is 2.75. The second kappa shape index (κ2) is 7.57. The van der Waals surface area contributed by atoms with E-state index in [1.807, 2.05) is 0 Å². The summed E-state index contributed by atoms with van der Waals surface area (Å²) in [7, 11) is 0. The van der Waals surface area contributed by atoms with Gasteiger partial charge >= 0.3 is 12.3 Å². The van der Waals surface area contributed by atoms with Gasteiger partial charge in [-0.1, -0.05) is 17.7 Å². The molecule has 1 aliphatic heterocycles. The zero-order valence-electron chi connectivity index (χ0n) is 13.7. The van der Waals surface area contributed by atoms with Gasteiger partial charge in [0, 0.05) is 18.9 Å². The Labute approximate surface area is 156 Å². The van der Waals surface area contributed by atoms with Gasteiger partial charge in [0.1, 0.15) is 6.10 Å². The Morgan fingerprint density at radius 2 is 2.04 bits per heavy atom. The first-order valence-corrected chi connectivity index (χ1v) is 8.17. The molecule has 0 spiro atoms. The molecular weight excluding hydrogens is 389 g/mol. The average Bonchev–Trinajstić information content (AvgIpc) is 2.63. The van der Waals surface area contributed by atoms with E-state index in [4.69, 9.17) is 21.4 Å². The molecule has 0 bridgehead atoms. The smallest absolute Gasteiger partial charge is 0.419 e. The molecule has 0 saturated carbocycles. The summed E-state index contributed by atoms with van der Waals surface area (Å²) in [5, 5.41) is 12.1. The predicted molar refractivity (Wildman–Crippen MR) is 90.1 cm³/mol. The van der Waals surface area contributed by atoms with Gasteiger partial charge in [-0.15, -0.1) is 0 Å². The van der Waals surface area contributed by atoms with Crippen LogP contribution in [0.15, 0.2) is 30.6 Å². The van der Waals surface area contributed by atoms with Crippen molar-refractivity contribution in [1.29, 1.82) is 0 Å². The van der Waals surface area contributed by atoms with Crippen molar-refractivity contribution in [2.24, 2.45) is 0 Å². The molecule has 2 aromatic rings. The number of nitrogens with one attached hydrogen (secondary N) is 1. The third-order valence-electron chi connectivity index (χ3n) is 3.93. The van der Waals surface area contributed by atoms with E-state index in [0.29, 0.717) is 30.2 Å². The summed E-state index contributed by atoms with van der Waals surface area (Å²) in [4.78, 5) is 19.6. The minimum atomic E-state index is -4.51. The molecule has 3 rings (SSSR count). The van der Waals surface area contributed by atoms with Crippen LogP contribution in [0.1, 0.15) is 17.2 Å². The number of anilines is 2. The fourth-order valence-electron chi connectivity index (χ4n) is 2.52. The van der Waals surface area contributed by atoms with Gasteiger partial charge < -0.3 is 20.1 Å². The van der Waals surface area contributed by atoms with E-state index in [9.17, 15) is 18.0 Å². The highest BCUT2D eigenvalue weighted by Gasteiger charge is 2.31. The van der Waals surface area contributed by atoms with Crippen molar-refractivity contribution in [3.8, 4) is 0 Å². The van der Waals surface area contributed by atoms with Crippen molar-refractivity contribution in [1.82, 2.24) is 14.9 Å². The Kier molecular flexibility index (Phi) is 5.38. The molecule has 1 aromatic heterocycles. The third-order valence-corrected chi connectivity index (χ3v) is 4.24. The van der Waals surface area contributed by atoms with Gasteiger partial charge in [-0.05, 0) is 17.7 Å². The van der Waals surface area contributed by atoms with Crippen molar-refractivity contribution in [3.63, 3.8) is 0 Å². The lowest BCUT2D eigenvalue weighted by Crippen LogP contribution is -2.41. The summed E-state index contributed by atoms with van der Waals surface area (Å²) in [5.74, 6) is -0.0383. The molecule has 1 amide bonds. The van der Waals surface area contributed by atoms with Crippen molar-refractivity contribution in [2.75, 3.05) is 25.0 Å². The monoisotopic (exact) mass is 402 g/mol. The van der Waals surface area contributed by atoms with Crippen LogP contribution in [0, 0.1) is 0 Å². The molecule has 1 atom stereocenters. The Balaban J connectivity index is 1.72. The number of halogens is 4. The first-order chi connectivity index (χ1) is 12.7. The van der Waals surface area contributed by atoms with Gasteiger partial charge in [-0.25, -0.2) is 14.8 Å². The van der Waals surface area contributed by atoms with Crippen LogP contribution in [0.3, 0.4) is 0 Å². The number of rotatable bonds is 3. The van der Waals surface area contributed by atoms with Gasteiger partial charge in [0.05, 0.1) is 29.4 Å². The van der Waals surface area contributed by atoms with Gasteiger partial charge in [-0.3, -0.25) is 0 Å². The molecule has 7 nitrogen and oxygen atoms in total. The summed E-state index contributed by atoms with van der Waals surface area (Å²) in [5.41, 5.74) is 0.128. The summed E-state index contributed by atoms with van der Waals surface area (Å²) < 4.78 is 43.2. The number of benzene rings is 1. The first kappa shape index (κ1) is 19.2. The lowest BCUT2D eigenvalue weighted by molar-refractivity contribution is -0.138. The summed E-state index contributed by atoms with van der Waals surface area (Å²) in [6, 6.07) is 4.89. The molecule has 0 radical (unpaired) electrons. The van der Waals surface area contributed by atoms with Crippen molar-refractivity contribution < 1.29 is 27.8 Å². The Morgan fingerprint density at radius 3 is 2.63 bits per heavy atom. The van der Waals surface area contributed by atoms with Crippen LogP contribution >= 0.6 is 11.6 Å². The Morgan fingerprint density at radius 1 is 1.33 bits per heavy atom. The fraction of sp³-hybridized carbons (Fsp3) is 0.312. The number of morpholine rings is 1. The maximum absolute atomic E-state index is 12.5. The van der Waals surface area contributed by atoms with E-state index in [0.717, 1.165) is 0 Å². The molecular formula is C16H14ClF3N4O3. The highest BCUT2D eigenvalue weighted by atomic mass is 35.5. The van der Waals surface area contributed by atoms with E-state index in [2.05, 4.69) is 15.3 Å². The van der Waals surface area contributed by atoms with Crippen LogP contribution in [-0.4, -0.2) is 45.8 Å². The summed E-state index contributed by atoms with van der Waals surface area (Å²) in [6.45, 7) is 0.749. The van der Waals surface area contributed by atoms with Crippen LogP contribution in [-0.2, 0) is 10.9 Å². The minimum Gasteiger partial charge on any atom is -0.465 e. The largest absolute Gasteiger partial charge is 0.465 e. The molecule has 2 N–H and O–H groups in total. The molecule has 1 aliphatic rings. The molecule has 0 aliphatic carbocycles. The summed E-state index contributed by atoms with van der Waals surface area (Å²) in [6.07, 6.45) is -4.64. The van der Waals surface area contributed by atoms with Crippen LogP contribution in [0.4, 0.5) is 29.6 Å². The van der Waals surface area contributed by atoms with E-state index in [-0.39, 0.29) is 24.1 Å². The predicted octanol–water partition coefficient (Wildman–Crippen LogP) is 3.94. The first-order valence-electron chi connectivity index (χ1n) is 7.79. The lowest BCUT2D eigenvalue weighted by atomic mass is 10.1. The zero-order valence-corrected chi connectivity index (χ0v) is 14.5. The van der Waals surface area contributed by atoms with Crippen LogP contribution in [0.2, 0.25) is 5.02 Å². The molecule has 144 valence electrons. The number of aromatic nitrogens is 2. The average molecular weight is 403 g/mol. The number of hydrogen-bond acceptors (Lipinski definition) is 5. The van der Waals surface area contributed by atoms with Crippen molar-refractivity contribution in [2.45, 2.75) is 12.3 Å². The van der Waals surface area contributed by atoms with Crippen molar-refractivity contribution >= 4 is 29.3 Å². The van der Waals surface area contributed by atoms with Gasteiger partial charge in [0.15, 0.2) is 0 Å². The number of amides is 1. The number of hydrogen-bond donors (Lipinski definition) is 2. The summed E-state index contributed by atoms with van der Waals surface area (Å²) >= 11 is 6.22. The normalized spacial score (nSPS) is 17.6. The maximum Gasteiger partial charge on any atom is 0.419 e. The molecule has 11 heteroatoms. The van der Waals surface area contributed by atoms with Gasteiger partial charge in [-0.2, -0.15) is 13.2 Å². The standard InChI is InChI=1S/C16H14ClF3N4O3/c17-11-5-9(13-8-24(15(25)26)3-4-27-13)1-2-12(11)23-14-21-6-10(7-22-14)16(18,19)20/h1-2,5-7,13H,3-4,8H2,(H,25,26)(H,21,22,23). The van der Waals surface area contributed by atoms with Crippen LogP contribution in [0.25, 0.3) is 0 Å². The maximum atomic E-state index is 12.5. The Bertz CT molecular complexity index is 833. The lowest BCUT2D eigenvalue weighted by Gasteiger charge is -2.31. The van der Waals surface area contributed by atoms with Crippen molar-refractivity contribution in [3.05, 3.63) is 46.7 Å². The Hall–Kier alpha value is -2.59. The van der Waals surface area contributed by atoms with Crippen LogP contribution in [0.5, 0.6) is 0 Å². The van der Waals surface area contributed by atoms with E-state index < -0.39 is 23.9 Å². The third kappa shape index (κ3) is 4.58. The molecule has 2 heterocycles. The van der Waals surface area contributed by atoms with Crippen LogP contribution < -0.4 is 5.32 Å². The number of ether oxygens (including phenoxy) is 1. The molecule has 1 unspecified atom stereocenters. The highest BCUT2D eigenvalue weighted by Crippen LogP contribution is 2.31. The van der Waals surface area contributed by atoms with E-state index in [1.54, 1.807) is 18.2 Å². The minimum absolute atomic E-state index is 0.0383. The molecule has 1 saturated heterocycles. The molecule has 27 heavy (non-hydrogen) atoms. The number of nitrogens with zero attached hydrogens (tertiary/aromatic N) is 3. The second-order valence-corrected chi connectivity index (χ2v) is 6.15. The highest BCUT2D eigenvalue weighted by molar-refractivity contribution is 6.33. The number of alkyl halides is 3. The topological polar surface area (TPSA) is 87.6 Å². The second-order valence-electron chi connectivity index (χ2n) is 5.75. The zero-order chi connectivity index (χ0) is 19.6. The van der Waals surface area contributed by atoms with E-state index >= 15 is 0 Å². The molecule has 1 fully saturated rings. The van der Waals surface area contributed by atoms with Gasteiger partial charge in [0.2, 0.25) is 5.95 Å². The van der Waals surface area contributed by atoms with Gasteiger partial charge in [0.25, 0.3) is 0 Å². The SMILES string of the molecule is O=C(O)N1CCOC(c2ccc(Nc3ncc(C(F)(F)F)cn3)c(Cl)c2)C1. The quantitative estimate of drug-likeness (QED) is 0.808. The van der Waals surface area contributed by atoms with E-state index in [1.165, 1.54) is 4.90 Å². The number of carboxylic acid groups (broad SMARTS) is 1.